The van der Waals surface area contributed by atoms with Gasteiger partial charge in [0.15, 0.2) is 0 Å². The summed E-state index contributed by atoms with van der Waals surface area (Å²) >= 11 is 0. The van der Waals surface area contributed by atoms with Gasteiger partial charge in [-0.2, -0.15) is 4.68 Å². The molecular formula is C12H13N5. The van der Waals surface area contributed by atoms with Crippen LogP contribution in [0.25, 0.3) is 5.69 Å². The minimum absolute atomic E-state index is 0.633. The van der Waals surface area contributed by atoms with Crippen molar-refractivity contribution in [2.75, 3.05) is 11.9 Å². The molecule has 5 heteroatoms. The van der Waals surface area contributed by atoms with Crippen LogP contribution in [0.4, 0.5) is 5.95 Å². The Hall–Kier alpha value is -2.35. The smallest absolute Gasteiger partial charge is 0.247 e. The van der Waals surface area contributed by atoms with E-state index < -0.39 is 0 Å². The monoisotopic (exact) mass is 227 g/mol. The van der Waals surface area contributed by atoms with Gasteiger partial charge in [-0.3, -0.25) is 0 Å². The maximum absolute atomic E-state index is 3.94. The first-order valence-corrected chi connectivity index (χ1v) is 5.39. The van der Waals surface area contributed by atoms with Crippen LogP contribution < -0.4 is 5.32 Å². The molecule has 1 aromatic heterocycles. The number of aromatic nitrogens is 4. The fraction of sp³-hybridized carbons (Fsp3) is 0.250. The van der Waals surface area contributed by atoms with E-state index in [1.165, 1.54) is 0 Å². The SMILES string of the molecule is CC#CCCNc1nnnn1-c1ccccc1. The van der Waals surface area contributed by atoms with Gasteiger partial charge in [-0.15, -0.1) is 11.8 Å². The standard InChI is InChI=1S/C12H13N5/c1-2-3-7-10-13-12-14-15-16-17(12)11-8-5-4-6-9-11/h4-6,8-9H,7,10H2,1H3,(H,13,14,16). The van der Waals surface area contributed by atoms with Crippen LogP contribution in [0.3, 0.4) is 0 Å². The molecule has 0 fully saturated rings. The van der Waals surface area contributed by atoms with E-state index in [0.29, 0.717) is 5.95 Å². The molecule has 0 amide bonds. The predicted octanol–water partition coefficient (Wildman–Crippen LogP) is 1.49. The van der Waals surface area contributed by atoms with Crippen LogP contribution in [0.15, 0.2) is 30.3 Å². The molecule has 17 heavy (non-hydrogen) atoms. The van der Waals surface area contributed by atoms with E-state index >= 15 is 0 Å². The summed E-state index contributed by atoms with van der Waals surface area (Å²) in [6.45, 7) is 2.56. The van der Waals surface area contributed by atoms with Crippen molar-refractivity contribution in [2.45, 2.75) is 13.3 Å². The topological polar surface area (TPSA) is 55.6 Å². The average molecular weight is 227 g/mol. The summed E-state index contributed by atoms with van der Waals surface area (Å²) in [6.07, 6.45) is 0.776. The Labute approximate surface area is 99.8 Å². The largest absolute Gasteiger partial charge is 0.352 e. The van der Waals surface area contributed by atoms with Crippen LogP contribution in [-0.4, -0.2) is 26.8 Å². The highest BCUT2D eigenvalue weighted by Crippen LogP contribution is 2.09. The van der Waals surface area contributed by atoms with Crippen LogP contribution in [-0.2, 0) is 0 Å². The first-order chi connectivity index (χ1) is 8.42. The highest BCUT2D eigenvalue weighted by Gasteiger charge is 2.05. The number of rotatable bonds is 4. The summed E-state index contributed by atoms with van der Waals surface area (Å²) in [7, 11) is 0. The third-order valence-electron chi connectivity index (χ3n) is 2.18. The number of nitrogens with one attached hydrogen (secondary N) is 1. The molecule has 2 aromatic rings. The molecule has 0 unspecified atom stereocenters. The lowest BCUT2D eigenvalue weighted by molar-refractivity contribution is 0.789. The quantitative estimate of drug-likeness (QED) is 0.635. The number of anilines is 1. The molecular weight excluding hydrogens is 214 g/mol. The molecule has 86 valence electrons. The lowest BCUT2D eigenvalue weighted by atomic mass is 10.3. The van der Waals surface area contributed by atoms with E-state index in [4.69, 9.17) is 0 Å². The molecule has 0 saturated heterocycles. The lowest BCUT2D eigenvalue weighted by Crippen LogP contribution is -2.08. The van der Waals surface area contributed by atoms with Crippen molar-refractivity contribution in [2.24, 2.45) is 0 Å². The number of benzene rings is 1. The third-order valence-corrected chi connectivity index (χ3v) is 2.18. The minimum Gasteiger partial charge on any atom is -0.352 e. The Morgan fingerprint density at radius 3 is 2.88 bits per heavy atom. The average Bonchev–Trinajstić information content (AvgIpc) is 2.84. The first-order valence-electron chi connectivity index (χ1n) is 5.39. The molecule has 0 aliphatic rings. The zero-order valence-corrected chi connectivity index (χ0v) is 9.59. The first kappa shape index (κ1) is 11.1. The van der Waals surface area contributed by atoms with Gasteiger partial charge in [0.1, 0.15) is 0 Å². The van der Waals surface area contributed by atoms with E-state index in [1.807, 2.05) is 37.3 Å². The predicted molar refractivity (Wildman–Crippen MR) is 65.7 cm³/mol. The highest BCUT2D eigenvalue weighted by atomic mass is 15.6. The van der Waals surface area contributed by atoms with E-state index in [-0.39, 0.29) is 0 Å². The van der Waals surface area contributed by atoms with Gasteiger partial charge < -0.3 is 5.32 Å². The summed E-state index contributed by atoms with van der Waals surface area (Å²) in [5, 5.41) is 14.7. The highest BCUT2D eigenvalue weighted by molar-refractivity contribution is 5.38. The Morgan fingerprint density at radius 1 is 1.29 bits per heavy atom. The second-order valence-corrected chi connectivity index (χ2v) is 3.35. The van der Waals surface area contributed by atoms with E-state index in [1.54, 1.807) is 4.68 Å². The second kappa shape index (κ2) is 5.66. The Kier molecular flexibility index (Phi) is 3.71. The van der Waals surface area contributed by atoms with Gasteiger partial charge in [0, 0.05) is 13.0 Å². The van der Waals surface area contributed by atoms with Gasteiger partial charge in [-0.25, -0.2) is 0 Å². The number of nitrogens with zero attached hydrogens (tertiary/aromatic N) is 4. The van der Waals surface area contributed by atoms with Gasteiger partial charge in [0.25, 0.3) is 0 Å². The van der Waals surface area contributed by atoms with Gasteiger partial charge in [0.05, 0.1) is 5.69 Å². The third kappa shape index (κ3) is 2.82. The fourth-order valence-electron chi connectivity index (χ4n) is 1.40. The fourth-order valence-corrected chi connectivity index (χ4v) is 1.40. The molecule has 0 bridgehead atoms. The molecule has 0 radical (unpaired) electrons. The zero-order valence-electron chi connectivity index (χ0n) is 9.59. The van der Waals surface area contributed by atoms with Crippen LogP contribution in [0, 0.1) is 11.8 Å². The van der Waals surface area contributed by atoms with Crippen molar-refractivity contribution < 1.29 is 0 Å². The molecule has 0 spiro atoms. The molecule has 5 nitrogen and oxygen atoms in total. The van der Waals surface area contributed by atoms with E-state index in [0.717, 1.165) is 18.7 Å². The number of hydrogen-bond acceptors (Lipinski definition) is 4. The Balaban J connectivity index is 2.09. The van der Waals surface area contributed by atoms with E-state index in [2.05, 4.69) is 32.7 Å². The minimum atomic E-state index is 0.633. The second-order valence-electron chi connectivity index (χ2n) is 3.35. The van der Waals surface area contributed by atoms with Crippen molar-refractivity contribution in [3.63, 3.8) is 0 Å². The molecule has 0 saturated carbocycles. The number of hydrogen-bond donors (Lipinski definition) is 1. The summed E-state index contributed by atoms with van der Waals surface area (Å²) in [5.74, 6) is 6.46. The normalized spacial score (nSPS) is 9.47. The molecule has 1 heterocycles. The van der Waals surface area contributed by atoms with Crippen molar-refractivity contribution >= 4 is 5.95 Å². The van der Waals surface area contributed by atoms with Gasteiger partial charge in [-0.05, 0) is 29.5 Å². The zero-order chi connectivity index (χ0) is 11.9. The van der Waals surface area contributed by atoms with Crippen LogP contribution in [0.1, 0.15) is 13.3 Å². The molecule has 2 rings (SSSR count). The van der Waals surface area contributed by atoms with Crippen molar-refractivity contribution in [3.8, 4) is 17.5 Å². The summed E-state index contributed by atoms with van der Waals surface area (Å²) < 4.78 is 1.67. The summed E-state index contributed by atoms with van der Waals surface area (Å²) in [5.41, 5.74) is 0.932. The molecule has 0 aliphatic carbocycles. The van der Waals surface area contributed by atoms with Crippen LogP contribution in [0.5, 0.6) is 0 Å². The summed E-state index contributed by atoms with van der Waals surface area (Å²) in [6, 6.07) is 9.76. The molecule has 1 aromatic carbocycles. The van der Waals surface area contributed by atoms with Crippen LogP contribution >= 0.6 is 0 Å². The van der Waals surface area contributed by atoms with Crippen molar-refractivity contribution in [1.29, 1.82) is 0 Å². The number of para-hydroxylation sites is 1. The molecule has 1 N–H and O–H groups in total. The lowest BCUT2D eigenvalue weighted by Gasteiger charge is -2.04. The maximum Gasteiger partial charge on any atom is 0.247 e. The van der Waals surface area contributed by atoms with Gasteiger partial charge in [0.2, 0.25) is 5.95 Å². The Bertz CT molecular complexity index is 521. The molecule has 0 aliphatic heterocycles. The van der Waals surface area contributed by atoms with Crippen molar-refractivity contribution in [1.82, 2.24) is 20.2 Å². The van der Waals surface area contributed by atoms with Crippen LogP contribution in [0.2, 0.25) is 0 Å². The van der Waals surface area contributed by atoms with Gasteiger partial charge >= 0.3 is 0 Å². The van der Waals surface area contributed by atoms with Gasteiger partial charge in [-0.1, -0.05) is 23.3 Å². The molecule has 0 atom stereocenters. The number of tetrazole rings is 1. The summed E-state index contributed by atoms with van der Waals surface area (Å²) in [4.78, 5) is 0. The maximum atomic E-state index is 3.94. The van der Waals surface area contributed by atoms with Crippen molar-refractivity contribution in [3.05, 3.63) is 30.3 Å². The Morgan fingerprint density at radius 2 is 2.12 bits per heavy atom. The van der Waals surface area contributed by atoms with E-state index in [9.17, 15) is 0 Å².